The molecule has 0 aromatic rings. The molecule has 0 aromatic heterocycles. The van der Waals surface area contributed by atoms with E-state index in [1.165, 1.54) is 0 Å². The number of hydrogen-bond donors (Lipinski definition) is 2. The monoisotopic (exact) mass is 200 g/mol. The van der Waals surface area contributed by atoms with Gasteiger partial charge in [-0.2, -0.15) is 0 Å². The summed E-state index contributed by atoms with van der Waals surface area (Å²) in [4.78, 5) is 11.6. The van der Waals surface area contributed by atoms with E-state index >= 15 is 0 Å². The van der Waals surface area contributed by atoms with Gasteiger partial charge in [0.1, 0.15) is 6.10 Å². The fraction of sp³-hybridized carbons (Fsp3) is 0.900. The van der Waals surface area contributed by atoms with Crippen molar-refractivity contribution in [2.45, 2.75) is 51.4 Å². The van der Waals surface area contributed by atoms with Crippen LogP contribution in [0.1, 0.15) is 33.1 Å². The summed E-state index contributed by atoms with van der Waals surface area (Å²) in [6.45, 7) is 4.56. The zero-order valence-corrected chi connectivity index (χ0v) is 8.95. The number of carbonyl (C=O) groups excluding carboxylic acids is 1. The zero-order valence-electron chi connectivity index (χ0n) is 8.95. The van der Waals surface area contributed by atoms with E-state index in [1.54, 1.807) is 0 Å². The van der Waals surface area contributed by atoms with Crippen LogP contribution in [0.25, 0.3) is 0 Å². The summed E-state index contributed by atoms with van der Waals surface area (Å²) >= 11 is 0. The Bertz CT molecular complexity index is 197. The molecule has 0 aliphatic carbocycles. The Labute approximate surface area is 85.2 Å². The molecule has 0 saturated carbocycles. The molecule has 1 heterocycles. The fourth-order valence-electron chi connectivity index (χ4n) is 1.65. The molecule has 1 aliphatic heterocycles. The quantitative estimate of drug-likeness (QED) is 0.690. The van der Waals surface area contributed by atoms with Gasteiger partial charge in [0, 0.05) is 6.04 Å². The topological polar surface area (TPSA) is 64.3 Å². The van der Waals surface area contributed by atoms with E-state index in [9.17, 15) is 4.79 Å². The first kappa shape index (κ1) is 11.5. The fourth-order valence-corrected chi connectivity index (χ4v) is 1.65. The maximum Gasteiger partial charge on any atom is 0.249 e. The predicted octanol–water partition coefficient (Wildman–Crippen LogP) is 0.407. The van der Waals surface area contributed by atoms with Crippen LogP contribution in [0.4, 0.5) is 0 Å². The SMILES string of the molecule is CC(CCN)NC(=O)C1CCC(C)O1. The van der Waals surface area contributed by atoms with Gasteiger partial charge in [0.25, 0.3) is 0 Å². The molecule has 14 heavy (non-hydrogen) atoms. The highest BCUT2D eigenvalue weighted by atomic mass is 16.5. The first-order valence-corrected chi connectivity index (χ1v) is 5.29. The maximum atomic E-state index is 11.6. The van der Waals surface area contributed by atoms with Gasteiger partial charge in [0.2, 0.25) is 5.91 Å². The second-order valence-electron chi connectivity index (χ2n) is 4.00. The Balaban J connectivity index is 2.27. The molecular weight excluding hydrogens is 180 g/mol. The van der Waals surface area contributed by atoms with Gasteiger partial charge in [0.15, 0.2) is 0 Å². The van der Waals surface area contributed by atoms with E-state index in [4.69, 9.17) is 10.5 Å². The van der Waals surface area contributed by atoms with E-state index in [2.05, 4.69) is 5.32 Å². The van der Waals surface area contributed by atoms with Gasteiger partial charge in [-0.05, 0) is 39.7 Å². The number of rotatable bonds is 4. The van der Waals surface area contributed by atoms with Crippen molar-refractivity contribution in [3.63, 3.8) is 0 Å². The summed E-state index contributed by atoms with van der Waals surface area (Å²) in [6, 6.07) is 0.145. The minimum atomic E-state index is -0.245. The van der Waals surface area contributed by atoms with Gasteiger partial charge in [-0.3, -0.25) is 4.79 Å². The van der Waals surface area contributed by atoms with Gasteiger partial charge in [-0.1, -0.05) is 0 Å². The van der Waals surface area contributed by atoms with Crippen LogP contribution >= 0.6 is 0 Å². The molecule has 0 aromatic carbocycles. The van der Waals surface area contributed by atoms with Crippen molar-refractivity contribution in [1.29, 1.82) is 0 Å². The Morgan fingerprint density at radius 3 is 2.86 bits per heavy atom. The van der Waals surface area contributed by atoms with Gasteiger partial charge < -0.3 is 15.8 Å². The summed E-state index contributed by atoms with van der Waals surface area (Å²) in [5, 5.41) is 2.90. The Morgan fingerprint density at radius 1 is 1.64 bits per heavy atom. The molecular formula is C10H20N2O2. The molecule has 0 radical (unpaired) electrons. The first-order chi connectivity index (χ1) is 6.63. The van der Waals surface area contributed by atoms with E-state index in [-0.39, 0.29) is 24.2 Å². The van der Waals surface area contributed by atoms with Gasteiger partial charge in [-0.25, -0.2) is 0 Å². The number of amides is 1. The van der Waals surface area contributed by atoms with Crippen LogP contribution in [-0.2, 0) is 9.53 Å². The smallest absolute Gasteiger partial charge is 0.249 e. The Morgan fingerprint density at radius 2 is 2.36 bits per heavy atom. The minimum Gasteiger partial charge on any atom is -0.365 e. The number of carbonyl (C=O) groups is 1. The van der Waals surface area contributed by atoms with Crippen LogP contribution in [0.15, 0.2) is 0 Å². The van der Waals surface area contributed by atoms with Crippen molar-refractivity contribution in [2.75, 3.05) is 6.54 Å². The van der Waals surface area contributed by atoms with Crippen molar-refractivity contribution >= 4 is 5.91 Å². The molecule has 3 unspecified atom stereocenters. The minimum absolute atomic E-state index is 0.00954. The molecule has 4 nitrogen and oxygen atoms in total. The summed E-state index contributed by atoms with van der Waals surface area (Å²) < 4.78 is 5.46. The third-order valence-corrected chi connectivity index (χ3v) is 2.51. The summed E-state index contributed by atoms with van der Waals surface area (Å²) in [5.74, 6) is 0.00954. The lowest BCUT2D eigenvalue weighted by molar-refractivity contribution is -0.132. The number of ether oxygens (including phenoxy) is 1. The normalized spacial score (nSPS) is 28.8. The highest BCUT2D eigenvalue weighted by Crippen LogP contribution is 2.19. The average molecular weight is 200 g/mol. The predicted molar refractivity (Wildman–Crippen MR) is 54.8 cm³/mol. The van der Waals surface area contributed by atoms with Crippen LogP contribution in [0.2, 0.25) is 0 Å². The lowest BCUT2D eigenvalue weighted by Gasteiger charge is -2.16. The summed E-state index contributed by atoms with van der Waals surface area (Å²) in [6.07, 6.45) is 2.60. The third kappa shape index (κ3) is 3.27. The number of nitrogens with one attached hydrogen (secondary N) is 1. The van der Waals surface area contributed by atoms with E-state index in [0.29, 0.717) is 6.54 Å². The van der Waals surface area contributed by atoms with Gasteiger partial charge in [0.05, 0.1) is 6.10 Å². The molecule has 1 amide bonds. The zero-order chi connectivity index (χ0) is 10.6. The van der Waals surface area contributed by atoms with E-state index in [1.807, 2.05) is 13.8 Å². The maximum absolute atomic E-state index is 11.6. The molecule has 82 valence electrons. The van der Waals surface area contributed by atoms with Crippen molar-refractivity contribution < 1.29 is 9.53 Å². The standard InChI is InChI=1S/C10H20N2O2/c1-7(5-6-11)12-10(13)9-4-3-8(2)14-9/h7-9H,3-6,11H2,1-2H3,(H,12,13). The van der Waals surface area contributed by atoms with Crippen LogP contribution in [0, 0.1) is 0 Å². The highest BCUT2D eigenvalue weighted by Gasteiger charge is 2.28. The summed E-state index contributed by atoms with van der Waals surface area (Å²) in [7, 11) is 0. The molecule has 0 bridgehead atoms. The van der Waals surface area contributed by atoms with Crippen molar-refractivity contribution in [3.05, 3.63) is 0 Å². The lowest BCUT2D eigenvalue weighted by Crippen LogP contribution is -2.40. The molecule has 4 heteroatoms. The van der Waals surface area contributed by atoms with Crippen molar-refractivity contribution in [3.8, 4) is 0 Å². The highest BCUT2D eigenvalue weighted by molar-refractivity contribution is 5.81. The molecule has 1 rings (SSSR count). The van der Waals surface area contributed by atoms with Crippen LogP contribution in [0.5, 0.6) is 0 Å². The molecule has 1 saturated heterocycles. The number of nitrogens with two attached hydrogens (primary N) is 1. The second-order valence-corrected chi connectivity index (χ2v) is 4.00. The average Bonchev–Trinajstić information content (AvgIpc) is 2.52. The van der Waals surface area contributed by atoms with Crippen LogP contribution in [-0.4, -0.2) is 30.7 Å². The lowest BCUT2D eigenvalue weighted by atomic mass is 10.2. The third-order valence-electron chi connectivity index (χ3n) is 2.51. The molecule has 0 spiro atoms. The Kier molecular flexibility index (Phi) is 4.35. The van der Waals surface area contributed by atoms with Gasteiger partial charge in [-0.15, -0.1) is 0 Å². The first-order valence-electron chi connectivity index (χ1n) is 5.29. The van der Waals surface area contributed by atoms with Gasteiger partial charge >= 0.3 is 0 Å². The molecule has 3 N–H and O–H groups in total. The van der Waals surface area contributed by atoms with E-state index < -0.39 is 0 Å². The van der Waals surface area contributed by atoms with Crippen molar-refractivity contribution in [1.82, 2.24) is 5.32 Å². The summed E-state index contributed by atoms with van der Waals surface area (Å²) in [5.41, 5.74) is 5.40. The molecule has 1 aliphatic rings. The van der Waals surface area contributed by atoms with E-state index in [0.717, 1.165) is 19.3 Å². The number of hydrogen-bond acceptors (Lipinski definition) is 3. The van der Waals surface area contributed by atoms with Crippen molar-refractivity contribution in [2.24, 2.45) is 5.73 Å². The largest absolute Gasteiger partial charge is 0.365 e. The molecule has 1 fully saturated rings. The second kappa shape index (κ2) is 5.32. The Hall–Kier alpha value is -0.610. The molecule has 3 atom stereocenters. The van der Waals surface area contributed by atoms with Crippen LogP contribution in [0.3, 0.4) is 0 Å². The van der Waals surface area contributed by atoms with Crippen LogP contribution < -0.4 is 11.1 Å².